The van der Waals surface area contributed by atoms with E-state index in [4.69, 9.17) is 9.47 Å². The Balaban J connectivity index is 2.46. The lowest BCUT2D eigenvalue weighted by Gasteiger charge is -2.15. The molecule has 0 unspecified atom stereocenters. The van der Waals surface area contributed by atoms with Crippen molar-refractivity contribution in [2.24, 2.45) is 0 Å². The smallest absolute Gasteiger partial charge is 0.268 e. The maximum Gasteiger partial charge on any atom is 0.268 e. The van der Waals surface area contributed by atoms with Gasteiger partial charge in [-0.3, -0.25) is 4.79 Å². The van der Waals surface area contributed by atoms with Gasteiger partial charge < -0.3 is 19.4 Å². The number of aromatic nitrogens is 1. The molecule has 0 atom stereocenters. The van der Waals surface area contributed by atoms with Crippen LogP contribution in [0, 0.1) is 6.92 Å². The molecule has 1 heterocycles. The van der Waals surface area contributed by atoms with Crippen LogP contribution in [0.4, 0.5) is 0 Å². The Kier molecular flexibility index (Phi) is 6.39. The van der Waals surface area contributed by atoms with Gasteiger partial charge in [0.05, 0.1) is 6.54 Å². The Labute approximate surface area is 149 Å². The lowest BCUT2D eigenvalue weighted by molar-refractivity contribution is -0.0974. The van der Waals surface area contributed by atoms with E-state index in [2.05, 4.69) is 43.9 Å². The number of amides is 1. The monoisotopic (exact) mass is 344 g/mol. The van der Waals surface area contributed by atoms with E-state index in [0.29, 0.717) is 18.2 Å². The van der Waals surface area contributed by atoms with Crippen LogP contribution in [0.3, 0.4) is 0 Å². The van der Waals surface area contributed by atoms with Crippen LogP contribution in [-0.4, -0.2) is 37.5 Å². The van der Waals surface area contributed by atoms with Crippen LogP contribution in [-0.2, 0) is 16.0 Å². The number of carbonyl (C=O) groups is 1. The Morgan fingerprint density at radius 3 is 2.56 bits per heavy atom. The Bertz CT molecular complexity index is 758. The molecule has 0 fully saturated rings. The summed E-state index contributed by atoms with van der Waals surface area (Å²) in [5.41, 5.74) is 3.93. The molecule has 0 aliphatic heterocycles. The highest BCUT2D eigenvalue weighted by Crippen LogP contribution is 2.29. The second-order valence-corrected chi connectivity index (χ2v) is 6.42. The van der Waals surface area contributed by atoms with Gasteiger partial charge in [0.25, 0.3) is 5.91 Å². The van der Waals surface area contributed by atoms with Gasteiger partial charge in [0.2, 0.25) is 0 Å². The molecular formula is C20H28N2O3. The van der Waals surface area contributed by atoms with E-state index in [9.17, 15) is 4.79 Å². The summed E-state index contributed by atoms with van der Waals surface area (Å²) in [6, 6.07) is 6.39. The first-order chi connectivity index (χ1) is 11.9. The van der Waals surface area contributed by atoms with E-state index < -0.39 is 6.29 Å². The molecule has 0 spiro atoms. The van der Waals surface area contributed by atoms with Crippen molar-refractivity contribution in [3.05, 3.63) is 47.7 Å². The number of hydrogen-bond donors (Lipinski definition) is 1. The minimum Gasteiger partial charge on any atom is -0.354 e. The molecule has 0 saturated carbocycles. The van der Waals surface area contributed by atoms with Crippen LogP contribution in [0.1, 0.15) is 41.4 Å². The number of fused-ring (bicyclic) bond motifs is 1. The quantitative estimate of drug-likeness (QED) is 0.588. The summed E-state index contributed by atoms with van der Waals surface area (Å²) in [7, 11) is 3.10. The van der Waals surface area contributed by atoms with Crippen LogP contribution in [0.2, 0.25) is 0 Å². The molecule has 5 nitrogen and oxygen atoms in total. The number of hydrogen-bond acceptors (Lipinski definition) is 3. The second kappa shape index (κ2) is 8.32. The highest BCUT2D eigenvalue weighted by molar-refractivity contribution is 6.01. The molecule has 1 amide bonds. The average molecular weight is 344 g/mol. The van der Waals surface area contributed by atoms with Gasteiger partial charge in [-0.05, 0) is 36.1 Å². The van der Waals surface area contributed by atoms with Crippen LogP contribution >= 0.6 is 0 Å². The Morgan fingerprint density at radius 1 is 1.32 bits per heavy atom. The number of carbonyl (C=O) groups excluding carboxylic acids is 1. The third-order valence-electron chi connectivity index (χ3n) is 4.49. The third kappa shape index (κ3) is 3.94. The molecule has 2 aromatic rings. The molecule has 0 saturated heterocycles. The summed E-state index contributed by atoms with van der Waals surface area (Å²) in [6.07, 6.45) is 1.34. The number of nitrogens with zero attached hydrogens (tertiary/aromatic N) is 1. The lowest BCUT2D eigenvalue weighted by atomic mass is 10.0. The fraction of sp³-hybridized carbons (Fsp3) is 0.450. The maximum absolute atomic E-state index is 12.8. The number of methoxy groups -OCH3 is 2. The summed E-state index contributed by atoms with van der Waals surface area (Å²) in [5, 5.41) is 4.00. The summed E-state index contributed by atoms with van der Waals surface area (Å²) in [6.45, 7) is 11.0. The molecular weight excluding hydrogens is 316 g/mol. The van der Waals surface area contributed by atoms with Crippen molar-refractivity contribution in [1.82, 2.24) is 9.88 Å². The van der Waals surface area contributed by atoms with Gasteiger partial charge in [-0.15, -0.1) is 6.58 Å². The first kappa shape index (κ1) is 19.2. The van der Waals surface area contributed by atoms with Gasteiger partial charge in [0, 0.05) is 31.7 Å². The predicted octanol–water partition coefficient (Wildman–Crippen LogP) is 3.61. The minimum absolute atomic E-state index is 0.138. The fourth-order valence-electron chi connectivity index (χ4n) is 3.03. The molecule has 0 bridgehead atoms. The normalized spacial score (nSPS) is 11.5. The number of ether oxygens (including phenoxy) is 2. The van der Waals surface area contributed by atoms with Crippen molar-refractivity contribution in [2.45, 2.75) is 39.5 Å². The van der Waals surface area contributed by atoms with E-state index in [0.717, 1.165) is 16.5 Å². The number of rotatable bonds is 8. The predicted molar refractivity (Wildman–Crippen MR) is 101 cm³/mol. The summed E-state index contributed by atoms with van der Waals surface area (Å²) in [4.78, 5) is 12.8. The van der Waals surface area contributed by atoms with Gasteiger partial charge in [-0.1, -0.05) is 26.0 Å². The van der Waals surface area contributed by atoms with Crippen molar-refractivity contribution in [2.75, 3.05) is 20.8 Å². The Hall–Kier alpha value is -2.11. The van der Waals surface area contributed by atoms with Gasteiger partial charge >= 0.3 is 0 Å². The van der Waals surface area contributed by atoms with Crippen molar-refractivity contribution in [3.8, 4) is 0 Å². The maximum atomic E-state index is 12.8. The van der Waals surface area contributed by atoms with Crippen molar-refractivity contribution >= 4 is 16.8 Å². The second-order valence-electron chi connectivity index (χ2n) is 6.42. The minimum atomic E-state index is -0.464. The van der Waals surface area contributed by atoms with Crippen molar-refractivity contribution in [1.29, 1.82) is 0 Å². The van der Waals surface area contributed by atoms with Crippen LogP contribution in [0.5, 0.6) is 0 Å². The van der Waals surface area contributed by atoms with Gasteiger partial charge in [-0.2, -0.15) is 0 Å². The molecule has 0 aliphatic carbocycles. The summed E-state index contributed by atoms with van der Waals surface area (Å²) in [5.74, 6) is 0.300. The zero-order valence-electron chi connectivity index (χ0n) is 15.8. The molecule has 5 heteroatoms. The van der Waals surface area contributed by atoms with Crippen molar-refractivity contribution < 1.29 is 14.3 Å². The van der Waals surface area contributed by atoms with E-state index in [1.165, 1.54) is 5.56 Å². The highest BCUT2D eigenvalue weighted by atomic mass is 16.7. The van der Waals surface area contributed by atoms with Crippen LogP contribution in [0.15, 0.2) is 30.9 Å². The van der Waals surface area contributed by atoms with Crippen molar-refractivity contribution in [3.63, 3.8) is 0 Å². The number of benzene rings is 1. The van der Waals surface area contributed by atoms with Gasteiger partial charge in [0.15, 0.2) is 6.29 Å². The van der Waals surface area contributed by atoms with E-state index in [-0.39, 0.29) is 12.5 Å². The molecule has 1 aromatic carbocycles. The first-order valence-electron chi connectivity index (χ1n) is 8.52. The fourth-order valence-corrected chi connectivity index (χ4v) is 3.03. The average Bonchev–Trinajstić information content (AvgIpc) is 2.88. The SMILES string of the molecule is C=CCn1c(C(=O)NCC(OC)OC)c(C)c2cc(C(C)C)ccc21. The topological polar surface area (TPSA) is 52.5 Å². The third-order valence-corrected chi connectivity index (χ3v) is 4.49. The lowest BCUT2D eigenvalue weighted by Crippen LogP contribution is -2.35. The number of nitrogens with one attached hydrogen (secondary N) is 1. The molecule has 1 aromatic heterocycles. The molecule has 2 rings (SSSR count). The van der Waals surface area contributed by atoms with Crippen LogP contribution < -0.4 is 5.32 Å². The zero-order valence-corrected chi connectivity index (χ0v) is 15.8. The van der Waals surface area contributed by atoms with E-state index in [1.54, 1.807) is 20.3 Å². The summed E-state index contributed by atoms with van der Waals surface area (Å²) < 4.78 is 12.3. The molecule has 0 radical (unpaired) electrons. The number of allylic oxidation sites excluding steroid dienone is 1. The summed E-state index contributed by atoms with van der Waals surface area (Å²) >= 11 is 0. The van der Waals surface area contributed by atoms with E-state index >= 15 is 0 Å². The van der Waals surface area contributed by atoms with E-state index in [1.807, 2.05) is 11.5 Å². The van der Waals surface area contributed by atoms with Gasteiger partial charge in [-0.25, -0.2) is 0 Å². The molecule has 25 heavy (non-hydrogen) atoms. The molecule has 136 valence electrons. The largest absolute Gasteiger partial charge is 0.354 e. The highest BCUT2D eigenvalue weighted by Gasteiger charge is 2.21. The standard InChI is InChI=1S/C20H28N2O3/c1-7-10-22-17-9-8-15(13(2)3)11-16(17)14(4)19(22)20(23)21-12-18(24-5)25-6/h7-9,11,13,18H,1,10,12H2,2-6H3,(H,21,23). The van der Waals surface area contributed by atoms with Gasteiger partial charge in [0.1, 0.15) is 5.69 Å². The molecule has 1 N–H and O–H groups in total. The number of aryl methyl sites for hydroxylation is 1. The van der Waals surface area contributed by atoms with Crippen LogP contribution in [0.25, 0.3) is 10.9 Å². The molecule has 0 aliphatic rings. The first-order valence-corrected chi connectivity index (χ1v) is 8.52. The zero-order chi connectivity index (χ0) is 18.6. The Morgan fingerprint density at radius 2 is 2.00 bits per heavy atom.